The van der Waals surface area contributed by atoms with E-state index < -0.39 is 5.41 Å². The van der Waals surface area contributed by atoms with Crippen molar-refractivity contribution in [3.8, 4) is 0 Å². The summed E-state index contributed by atoms with van der Waals surface area (Å²) in [6.07, 6.45) is 2.87. The summed E-state index contributed by atoms with van der Waals surface area (Å²) < 4.78 is 4.86. The van der Waals surface area contributed by atoms with Crippen LogP contribution >= 0.6 is 0 Å². The van der Waals surface area contributed by atoms with Crippen molar-refractivity contribution in [2.45, 2.75) is 20.3 Å². The highest BCUT2D eigenvalue weighted by Gasteiger charge is 2.78. The molecule has 14 heavy (non-hydrogen) atoms. The fourth-order valence-corrected chi connectivity index (χ4v) is 3.29. The number of esters is 1. The first-order valence-electron chi connectivity index (χ1n) is 4.92. The Balaban J connectivity index is 2.40. The molecule has 0 unspecified atom stereocenters. The molecule has 0 bridgehead atoms. The van der Waals surface area contributed by atoms with Crippen LogP contribution in [0.3, 0.4) is 0 Å². The molecule has 0 spiro atoms. The van der Waals surface area contributed by atoms with Crippen LogP contribution in [0.15, 0.2) is 11.6 Å². The number of carbonyl (C=O) groups is 1. The number of allylic oxidation sites excluding steroid dienone is 1. The van der Waals surface area contributed by atoms with Gasteiger partial charge in [0.15, 0.2) is 0 Å². The average Bonchev–Trinajstić information content (AvgIpc) is 2.53. The minimum Gasteiger partial charge on any atom is -0.468 e. The van der Waals surface area contributed by atoms with Gasteiger partial charge in [0.2, 0.25) is 0 Å². The number of hydrogen-bond donors (Lipinski definition) is 1. The Morgan fingerprint density at radius 2 is 2.36 bits per heavy atom. The third kappa shape index (κ3) is 0.753. The molecule has 0 aromatic rings. The van der Waals surface area contributed by atoms with E-state index in [1.54, 1.807) is 0 Å². The zero-order valence-electron chi connectivity index (χ0n) is 8.83. The maximum Gasteiger partial charge on any atom is 0.316 e. The van der Waals surface area contributed by atoms with E-state index in [1.807, 2.05) is 6.08 Å². The summed E-state index contributed by atoms with van der Waals surface area (Å²) in [6.45, 7) is 4.10. The van der Waals surface area contributed by atoms with Gasteiger partial charge in [-0.15, -0.1) is 0 Å². The molecule has 78 valence electrons. The van der Waals surface area contributed by atoms with E-state index in [2.05, 4.69) is 13.8 Å². The van der Waals surface area contributed by atoms with Crippen LogP contribution in [0.5, 0.6) is 0 Å². The minimum atomic E-state index is -0.517. The lowest BCUT2D eigenvalue weighted by Gasteiger charge is -2.19. The predicted octanol–water partition coefficient (Wildman–Crippen LogP) is 1.12. The third-order valence-corrected chi connectivity index (χ3v) is 4.11. The number of fused-ring (bicyclic) bond motifs is 1. The van der Waals surface area contributed by atoms with Crippen LogP contribution in [0.2, 0.25) is 0 Å². The van der Waals surface area contributed by atoms with Crippen molar-refractivity contribution in [3.63, 3.8) is 0 Å². The van der Waals surface area contributed by atoms with E-state index in [9.17, 15) is 9.90 Å². The predicted molar refractivity (Wildman–Crippen MR) is 51.5 cm³/mol. The first-order chi connectivity index (χ1) is 6.53. The molecule has 1 N–H and O–H groups in total. The molecule has 1 fully saturated rings. The molecule has 2 atom stereocenters. The van der Waals surface area contributed by atoms with Gasteiger partial charge in [0.1, 0.15) is 5.41 Å². The van der Waals surface area contributed by atoms with Gasteiger partial charge in [0.05, 0.1) is 13.7 Å². The monoisotopic (exact) mass is 196 g/mol. The Morgan fingerprint density at radius 3 is 2.79 bits per heavy atom. The van der Waals surface area contributed by atoms with E-state index in [1.165, 1.54) is 7.11 Å². The van der Waals surface area contributed by atoms with Crippen molar-refractivity contribution in [1.29, 1.82) is 0 Å². The van der Waals surface area contributed by atoms with Crippen LogP contribution in [-0.4, -0.2) is 24.8 Å². The molecule has 3 heteroatoms. The highest BCUT2D eigenvalue weighted by atomic mass is 16.5. The molecular formula is C11H16O3. The average molecular weight is 196 g/mol. The summed E-state index contributed by atoms with van der Waals surface area (Å²) >= 11 is 0. The fourth-order valence-electron chi connectivity index (χ4n) is 3.29. The van der Waals surface area contributed by atoms with Crippen molar-refractivity contribution in [1.82, 2.24) is 0 Å². The summed E-state index contributed by atoms with van der Waals surface area (Å²) in [5.74, 6) is 0.134. The highest BCUT2D eigenvalue weighted by molar-refractivity contribution is 5.88. The number of hydrogen-bond acceptors (Lipinski definition) is 3. The van der Waals surface area contributed by atoms with Gasteiger partial charge in [-0.05, 0) is 23.3 Å². The molecule has 0 saturated heterocycles. The first kappa shape index (κ1) is 9.71. The van der Waals surface area contributed by atoms with Gasteiger partial charge in [-0.1, -0.05) is 19.9 Å². The molecule has 2 rings (SSSR count). The number of methoxy groups -OCH3 is 1. The molecule has 0 amide bonds. The van der Waals surface area contributed by atoms with Gasteiger partial charge in [-0.3, -0.25) is 4.79 Å². The van der Waals surface area contributed by atoms with Gasteiger partial charge in [-0.25, -0.2) is 0 Å². The van der Waals surface area contributed by atoms with Crippen molar-refractivity contribution in [3.05, 3.63) is 11.6 Å². The quantitative estimate of drug-likeness (QED) is 0.532. The summed E-state index contributed by atoms with van der Waals surface area (Å²) in [5.41, 5.74) is 0.281. The topological polar surface area (TPSA) is 46.5 Å². The molecule has 0 aliphatic heterocycles. The second-order valence-corrected chi connectivity index (χ2v) is 4.70. The second-order valence-electron chi connectivity index (χ2n) is 4.70. The van der Waals surface area contributed by atoms with Gasteiger partial charge in [0, 0.05) is 0 Å². The third-order valence-electron chi connectivity index (χ3n) is 4.11. The van der Waals surface area contributed by atoms with Gasteiger partial charge >= 0.3 is 5.97 Å². The molecule has 0 aromatic carbocycles. The standard InChI is InChI=1S/C11H16O3/c1-10(2)8-5-4-7(6-12)11(8,10)9(13)14-3/h4,8,12H,5-6H2,1-3H3/t8-,11-/m0/s1. The fraction of sp³-hybridized carbons (Fsp3) is 0.727. The molecule has 0 aromatic heterocycles. The summed E-state index contributed by atoms with van der Waals surface area (Å²) in [4.78, 5) is 11.8. The molecular weight excluding hydrogens is 180 g/mol. The number of ether oxygens (including phenoxy) is 1. The Bertz CT molecular complexity index is 316. The van der Waals surface area contributed by atoms with Crippen molar-refractivity contribution in [2.75, 3.05) is 13.7 Å². The number of rotatable bonds is 2. The molecule has 2 aliphatic rings. The smallest absolute Gasteiger partial charge is 0.316 e. The number of aliphatic hydroxyl groups is 1. The van der Waals surface area contributed by atoms with Crippen LogP contribution in [-0.2, 0) is 9.53 Å². The normalized spacial score (nSPS) is 37.4. The van der Waals surface area contributed by atoms with Crippen LogP contribution in [0.1, 0.15) is 20.3 Å². The maximum absolute atomic E-state index is 11.8. The second kappa shape index (κ2) is 2.60. The zero-order valence-corrected chi connectivity index (χ0v) is 8.83. The van der Waals surface area contributed by atoms with Crippen molar-refractivity contribution >= 4 is 5.97 Å². The van der Waals surface area contributed by atoms with Crippen LogP contribution < -0.4 is 0 Å². The van der Waals surface area contributed by atoms with Crippen LogP contribution in [0.4, 0.5) is 0 Å². The molecule has 2 aliphatic carbocycles. The van der Waals surface area contributed by atoms with E-state index in [0.717, 1.165) is 12.0 Å². The summed E-state index contributed by atoms with van der Waals surface area (Å²) in [5, 5.41) is 9.23. The van der Waals surface area contributed by atoms with Crippen LogP contribution in [0, 0.1) is 16.7 Å². The lowest BCUT2D eigenvalue weighted by molar-refractivity contribution is -0.147. The highest BCUT2D eigenvalue weighted by Crippen LogP contribution is 2.77. The largest absolute Gasteiger partial charge is 0.468 e. The Morgan fingerprint density at radius 1 is 1.71 bits per heavy atom. The Kier molecular flexibility index (Phi) is 1.80. The molecule has 0 heterocycles. The maximum atomic E-state index is 11.8. The van der Waals surface area contributed by atoms with E-state index in [-0.39, 0.29) is 18.0 Å². The minimum absolute atomic E-state index is 0.0327. The molecule has 0 radical (unpaired) electrons. The van der Waals surface area contributed by atoms with Crippen LogP contribution in [0.25, 0.3) is 0 Å². The Labute approximate surface area is 83.8 Å². The molecule has 1 saturated carbocycles. The lowest BCUT2D eigenvalue weighted by atomic mass is 9.88. The Hall–Kier alpha value is -0.830. The van der Waals surface area contributed by atoms with Gasteiger partial charge < -0.3 is 9.84 Å². The number of carbonyl (C=O) groups excluding carboxylic acids is 1. The van der Waals surface area contributed by atoms with Crippen molar-refractivity contribution in [2.24, 2.45) is 16.7 Å². The van der Waals surface area contributed by atoms with E-state index in [4.69, 9.17) is 4.74 Å². The summed E-state index contributed by atoms with van der Waals surface area (Å²) in [7, 11) is 1.41. The SMILES string of the molecule is COC(=O)[C@]12C(CO)=CC[C@H]1C2(C)C. The zero-order chi connectivity index (χ0) is 10.6. The van der Waals surface area contributed by atoms with Crippen molar-refractivity contribution < 1.29 is 14.6 Å². The lowest BCUT2D eigenvalue weighted by Crippen LogP contribution is -2.26. The number of aliphatic hydroxyl groups excluding tert-OH is 1. The van der Waals surface area contributed by atoms with E-state index in [0.29, 0.717) is 5.92 Å². The summed E-state index contributed by atoms with van der Waals surface area (Å²) in [6, 6.07) is 0. The van der Waals surface area contributed by atoms with Gasteiger partial charge in [0.25, 0.3) is 0 Å². The van der Waals surface area contributed by atoms with Gasteiger partial charge in [-0.2, -0.15) is 0 Å². The first-order valence-corrected chi connectivity index (χ1v) is 4.92. The molecule has 3 nitrogen and oxygen atoms in total. The van der Waals surface area contributed by atoms with E-state index >= 15 is 0 Å².